The Kier molecular flexibility index (Phi) is 7.29. The van der Waals surface area contributed by atoms with Gasteiger partial charge in [0.1, 0.15) is 6.04 Å². The Hall–Kier alpha value is -0.650. The number of hydrogen-bond donors (Lipinski definition) is 1. The molecular weight excluding hydrogens is 196 g/mol. The summed E-state index contributed by atoms with van der Waals surface area (Å²) in [6, 6.07) is -0.468. The van der Waals surface area contributed by atoms with Crippen molar-refractivity contribution in [3.05, 3.63) is 0 Å². The molecule has 1 amide bonds. The first-order chi connectivity index (χ1) is 7.04. The minimum atomic E-state index is -0.589. The average molecular weight is 218 g/mol. The van der Waals surface area contributed by atoms with Crippen LogP contribution < -0.4 is 5.73 Å². The van der Waals surface area contributed by atoms with Gasteiger partial charge in [0.05, 0.1) is 13.2 Å². The van der Waals surface area contributed by atoms with Crippen molar-refractivity contribution in [2.45, 2.75) is 25.9 Å². The van der Waals surface area contributed by atoms with E-state index in [4.69, 9.17) is 15.2 Å². The summed E-state index contributed by atoms with van der Waals surface area (Å²) in [7, 11) is 3.14. The second-order valence-corrected chi connectivity index (χ2v) is 3.68. The molecule has 0 heterocycles. The van der Waals surface area contributed by atoms with Gasteiger partial charge in [-0.1, -0.05) is 0 Å². The van der Waals surface area contributed by atoms with Crippen molar-refractivity contribution in [1.29, 1.82) is 0 Å². The fourth-order valence-corrected chi connectivity index (χ4v) is 1.28. The fraction of sp³-hybridized carbons (Fsp3) is 0.900. The second kappa shape index (κ2) is 7.62. The predicted octanol–water partition coefficient (Wildman–Crippen LogP) is -0.156. The fourth-order valence-electron chi connectivity index (χ4n) is 1.28. The highest BCUT2D eigenvalue weighted by Crippen LogP contribution is 2.01. The quantitative estimate of drug-likeness (QED) is 0.645. The monoisotopic (exact) mass is 218 g/mol. The summed E-state index contributed by atoms with van der Waals surface area (Å²) in [6.07, 6.45) is 0. The molecule has 0 aromatic heterocycles. The van der Waals surface area contributed by atoms with Crippen LogP contribution in [0.1, 0.15) is 13.8 Å². The van der Waals surface area contributed by atoms with E-state index in [9.17, 15) is 4.79 Å². The van der Waals surface area contributed by atoms with Crippen molar-refractivity contribution in [2.75, 3.05) is 34.0 Å². The summed E-state index contributed by atoms with van der Waals surface area (Å²) in [6.45, 7) is 5.23. The summed E-state index contributed by atoms with van der Waals surface area (Å²) in [5.74, 6) is -0.0936. The molecule has 0 spiro atoms. The zero-order valence-electron chi connectivity index (χ0n) is 10.0. The Bertz CT molecular complexity index is 186. The normalized spacial score (nSPS) is 12.9. The number of nitrogens with two attached hydrogens (primary N) is 1. The average Bonchev–Trinajstić information content (AvgIpc) is 2.18. The summed E-state index contributed by atoms with van der Waals surface area (Å²) in [5.41, 5.74) is 5.68. The van der Waals surface area contributed by atoms with Crippen LogP contribution in [0.4, 0.5) is 0 Å². The van der Waals surface area contributed by atoms with E-state index in [2.05, 4.69) is 0 Å². The first-order valence-electron chi connectivity index (χ1n) is 5.08. The van der Waals surface area contributed by atoms with Gasteiger partial charge in [-0.2, -0.15) is 0 Å². The molecule has 0 aromatic carbocycles. The van der Waals surface area contributed by atoms with E-state index in [1.54, 1.807) is 12.0 Å². The van der Waals surface area contributed by atoms with Crippen LogP contribution in [-0.4, -0.2) is 56.9 Å². The van der Waals surface area contributed by atoms with Crippen LogP contribution >= 0.6 is 0 Å². The maximum absolute atomic E-state index is 11.8. The molecule has 0 rings (SSSR count). The molecule has 1 atom stereocenters. The van der Waals surface area contributed by atoms with Gasteiger partial charge in [0.25, 0.3) is 0 Å². The molecule has 1 unspecified atom stereocenters. The Morgan fingerprint density at radius 1 is 1.33 bits per heavy atom. The van der Waals surface area contributed by atoms with Crippen molar-refractivity contribution in [3.8, 4) is 0 Å². The highest BCUT2D eigenvalue weighted by molar-refractivity contribution is 5.82. The number of nitrogens with zero attached hydrogens (tertiary/aromatic N) is 1. The van der Waals surface area contributed by atoms with Crippen LogP contribution in [0, 0.1) is 0 Å². The van der Waals surface area contributed by atoms with Gasteiger partial charge in [-0.15, -0.1) is 0 Å². The van der Waals surface area contributed by atoms with Crippen molar-refractivity contribution in [3.63, 3.8) is 0 Å². The number of rotatable bonds is 7. The maximum atomic E-state index is 11.8. The highest BCUT2D eigenvalue weighted by Gasteiger charge is 2.22. The maximum Gasteiger partial charge on any atom is 0.242 e. The molecule has 0 aliphatic rings. The van der Waals surface area contributed by atoms with Crippen molar-refractivity contribution in [2.24, 2.45) is 5.73 Å². The molecule has 0 saturated carbocycles. The van der Waals surface area contributed by atoms with Crippen LogP contribution in [0.5, 0.6) is 0 Å². The first-order valence-corrected chi connectivity index (χ1v) is 5.08. The molecule has 2 N–H and O–H groups in total. The van der Waals surface area contributed by atoms with Gasteiger partial charge in [-0.05, 0) is 13.8 Å². The highest BCUT2D eigenvalue weighted by atomic mass is 16.5. The molecular formula is C10H22N2O3. The largest absolute Gasteiger partial charge is 0.383 e. The number of carbonyl (C=O) groups excluding carboxylic acids is 1. The first kappa shape index (κ1) is 14.3. The third-order valence-electron chi connectivity index (χ3n) is 2.11. The van der Waals surface area contributed by atoms with Gasteiger partial charge < -0.3 is 20.1 Å². The Labute approximate surface area is 91.5 Å². The summed E-state index contributed by atoms with van der Waals surface area (Å²) < 4.78 is 9.80. The summed E-state index contributed by atoms with van der Waals surface area (Å²) in [4.78, 5) is 13.5. The summed E-state index contributed by atoms with van der Waals surface area (Å²) in [5, 5.41) is 0. The Morgan fingerprint density at radius 3 is 2.33 bits per heavy atom. The number of carbonyl (C=O) groups is 1. The van der Waals surface area contributed by atoms with E-state index in [1.807, 2.05) is 13.8 Å². The van der Waals surface area contributed by atoms with Crippen LogP contribution in [-0.2, 0) is 14.3 Å². The third kappa shape index (κ3) is 5.11. The second-order valence-electron chi connectivity index (χ2n) is 3.68. The minimum Gasteiger partial charge on any atom is -0.383 e. The molecule has 5 heteroatoms. The molecule has 0 aromatic rings. The van der Waals surface area contributed by atoms with Crippen LogP contribution in [0.3, 0.4) is 0 Å². The van der Waals surface area contributed by atoms with Crippen LogP contribution in [0.15, 0.2) is 0 Å². The van der Waals surface area contributed by atoms with E-state index in [0.29, 0.717) is 13.2 Å². The number of methoxy groups -OCH3 is 2. The molecule has 0 aliphatic carbocycles. The summed E-state index contributed by atoms with van der Waals surface area (Å²) >= 11 is 0. The van der Waals surface area contributed by atoms with E-state index < -0.39 is 6.04 Å². The lowest BCUT2D eigenvalue weighted by molar-refractivity contribution is -0.136. The smallest absolute Gasteiger partial charge is 0.242 e. The number of ether oxygens (including phenoxy) is 2. The van der Waals surface area contributed by atoms with Crippen molar-refractivity contribution < 1.29 is 14.3 Å². The SMILES string of the molecule is COCCN(C(=O)C(N)COC)C(C)C. The van der Waals surface area contributed by atoms with Crippen LogP contribution in [0.25, 0.3) is 0 Å². The Morgan fingerprint density at radius 2 is 1.93 bits per heavy atom. The van der Waals surface area contributed by atoms with Gasteiger partial charge in [-0.25, -0.2) is 0 Å². The van der Waals surface area contributed by atoms with Gasteiger partial charge in [0, 0.05) is 26.8 Å². The lowest BCUT2D eigenvalue weighted by Crippen LogP contribution is -2.49. The lowest BCUT2D eigenvalue weighted by Gasteiger charge is -2.28. The molecule has 0 fully saturated rings. The number of amides is 1. The van der Waals surface area contributed by atoms with Gasteiger partial charge in [0.2, 0.25) is 5.91 Å². The Balaban J connectivity index is 4.27. The molecule has 0 radical (unpaired) electrons. The lowest BCUT2D eigenvalue weighted by atomic mass is 10.2. The standard InChI is InChI=1S/C10H22N2O3/c1-8(2)12(5-6-14-3)10(13)9(11)7-15-4/h8-9H,5-7,11H2,1-4H3. The van der Waals surface area contributed by atoms with Crippen molar-refractivity contribution >= 4 is 5.91 Å². The van der Waals surface area contributed by atoms with E-state index in [-0.39, 0.29) is 18.6 Å². The van der Waals surface area contributed by atoms with E-state index >= 15 is 0 Å². The van der Waals surface area contributed by atoms with E-state index in [1.165, 1.54) is 7.11 Å². The van der Waals surface area contributed by atoms with E-state index in [0.717, 1.165) is 0 Å². The molecule has 0 bridgehead atoms. The minimum absolute atomic E-state index is 0.0936. The zero-order chi connectivity index (χ0) is 11.8. The number of hydrogen-bond acceptors (Lipinski definition) is 4. The topological polar surface area (TPSA) is 64.8 Å². The molecule has 0 saturated heterocycles. The predicted molar refractivity (Wildman–Crippen MR) is 58.6 cm³/mol. The molecule has 0 aliphatic heterocycles. The van der Waals surface area contributed by atoms with Crippen molar-refractivity contribution in [1.82, 2.24) is 4.90 Å². The molecule has 5 nitrogen and oxygen atoms in total. The third-order valence-corrected chi connectivity index (χ3v) is 2.11. The van der Waals surface area contributed by atoms with Gasteiger partial charge in [0.15, 0.2) is 0 Å². The molecule has 15 heavy (non-hydrogen) atoms. The van der Waals surface area contributed by atoms with Gasteiger partial charge >= 0.3 is 0 Å². The van der Waals surface area contributed by atoms with Gasteiger partial charge in [-0.3, -0.25) is 4.79 Å². The van der Waals surface area contributed by atoms with Crippen LogP contribution in [0.2, 0.25) is 0 Å². The molecule has 90 valence electrons. The zero-order valence-corrected chi connectivity index (χ0v) is 10.0.